The van der Waals surface area contributed by atoms with Gasteiger partial charge in [-0.3, -0.25) is 4.79 Å². The average Bonchev–Trinajstić information content (AvgIpc) is 1.95. The molecule has 0 amide bonds. The lowest BCUT2D eigenvalue weighted by Crippen LogP contribution is -2.26. The molecule has 0 N–H and O–H groups in total. The molecule has 0 spiro atoms. The van der Waals surface area contributed by atoms with E-state index >= 15 is 0 Å². The Kier molecular flexibility index (Phi) is 3.73. The van der Waals surface area contributed by atoms with Crippen molar-refractivity contribution in [2.75, 3.05) is 0 Å². The van der Waals surface area contributed by atoms with Crippen molar-refractivity contribution in [2.45, 2.75) is 33.9 Å². The predicted octanol–water partition coefficient (Wildman–Crippen LogP) is 3.04. The van der Waals surface area contributed by atoms with Gasteiger partial charge < -0.3 is 4.74 Å². The number of hydrogen-bond acceptors (Lipinski definition) is 2. The Hall–Kier alpha value is -1.00. The number of carbonyl (C=O) groups is 1. The fourth-order valence-corrected chi connectivity index (χ4v) is 0.533. The van der Waals surface area contributed by atoms with Gasteiger partial charge >= 0.3 is 12.1 Å². The fourth-order valence-electron chi connectivity index (χ4n) is 0.533. The van der Waals surface area contributed by atoms with Crippen molar-refractivity contribution in [1.82, 2.24) is 0 Å². The van der Waals surface area contributed by atoms with Crippen molar-refractivity contribution < 1.29 is 22.7 Å². The zero-order chi connectivity index (χ0) is 11.6. The molecule has 0 unspecified atom stereocenters. The van der Waals surface area contributed by atoms with Crippen LogP contribution in [0.1, 0.15) is 27.7 Å². The van der Waals surface area contributed by atoms with Gasteiger partial charge in [0, 0.05) is 0 Å². The molecule has 0 aromatic heterocycles. The Labute approximate surface area is 80.7 Å². The summed E-state index contributed by atoms with van der Waals surface area (Å²) in [5, 5.41) is 0. The largest absolute Gasteiger partial charge is 0.449 e. The molecule has 0 rings (SSSR count). The molecule has 0 bridgehead atoms. The van der Waals surface area contributed by atoms with Gasteiger partial charge in [-0.1, -0.05) is 0 Å². The molecule has 0 saturated carbocycles. The third-order valence-electron chi connectivity index (χ3n) is 1.36. The highest BCUT2D eigenvalue weighted by atomic mass is 19.4. The van der Waals surface area contributed by atoms with E-state index in [-0.39, 0.29) is 0 Å². The monoisotopic (exact) mass is 210 g/mol. The van der Waals surface area contributed by atoms with Crippen LogP contribution >= 0.6 is 0 Å². The topological polar surface area (TPSA) is 26.3 Å². The van der Waals surface area contributed by atoms with Crippen molar-refractivity contribution >= 4 is 5.97 Å². The number of allylic oxidation sites excluding steroid dienone is 2. The highest BCUT2D eigenvalue weighted by Gasteiger charge is 2.38. The summed E-state index contributed by atoms with van der Waals surface area (Å²) in [7, 11) is 0. The number of hydrogen-bond donors (Lipinski definition) is 0. The normalized spacial score (nSPS) is 14.1. The standard InChI is InChI=1S/C9H13F3O2/c1-5-6(9(10,11)12)14-7(13)8(2,3)4/h5H,1-4H3. The Morgan fingerprint density at radius 2 is 1.64 bits per heavy atom. The number of alkyl halides is 3. The molecule has 0 radical (unpaired) electrons. The van der Waals surface area contributed by atoms with Gasteiger partial charge in [0.2, 0.25) is 5.76 Å². The summed E-state index contributed by atoms with van der Waals surface area (Å²) in [4.78, 5) is 11.1. The van der Waals surface area contributed by atoms with Crippen LogP contribution in [-0.4, -0.2) is 12.1 Å². The molecule has 14 heavy (non-hydrogen) atoms. The van der Waals surface area contributed by atoms with Gasteiger partial charge in [0.05, 0.1) is 5.41 Å². The summed E-state index contributed by atoms with van der Waals surface area (Å²) in [6.45, 7) is 5.62. The summed E-state index contributed by atoms with van der Waals surface area (Å²) in [6.07, 6.45) is -3.89. The highest BCUT2D eigenvalue weighted by Crippen LogP contribution is 2.28. The summed E-state index contributed by atoms with van der Waals surface area (Å²) in [5.74, 6) is -2.17. The molecule has 5 heteroatoms. The first-order chi connectivity index (χ1) is 6.09. The Balaban J connectivity index is 4.61. The Morgan fingerprint density at radius 1 is 1.21 bits per heavy atom. The molecule has 0 heterocycles. The lowest BCUT2D eigenvalue weighted by Gasteiger charge is -2.18. The molecule has 0 aliphatic heterocycles. The van der Waals surface area contributed by atoms with E-state index in [4.69, 9.17) is 0 Å². The quantitative estimate of drug-likeness (QED) is 0.491. The average molecular weight is 210 g/mol. The lowest BCUT2D eigenvalue weighted by atomic mass is 9.97. The van der Waals surface area contributed by atoms with E-state index in [0.717, 1.165) is 6.08 Å². The molecular formula is C9H13F3O2. The number of rotatable bonds is 1. The van der Waals surface area contributed by atoms with Crippen LogP contribution in [0.25, 0.3) is 0 Å². The zero-order valence-electron chi connectivity index (χ0n) is 8.53. The number of esters is 1. The van der Waals surface area contributed by atoms with E-state index < -0.39 is 23.3 Å². The fraction of sp³-hybridized carbons (Fsp3) is 0.667. The third kappa shape index (κ3) is 3.81. The first-order valence-electron chi connectivity index (χ1n) is 4.05. The van der Waals surface area contributed by atoms with Crippen molar-refractivity contribution in [3.8, 4) is 0 Å². The van der Waals surface area contributed by atoms with Crippen LogP contribution in [0.15, 0.2) is 11.8 Å². The van der Waals surface area contributed by atoms with Gasteiger partial charge in [-0.15, -0.1) is 0 Å². The van der Waals surface area contributed by atoms with Crippen molar-refractivity contribution in [1.29, 1.82) is 0 Å². The van der Waals surface area contributed by atoms with E-state index in [0.29, 0.717) is 0 Å². The maximum atomic E-state index is 12.1. The minimum absolute atomic E-state index is 0.726. The van der Waals surface area contributed by atoms with Crippen LogP contribution < -0.4 is 0 Å². The molecule has 0 saturated heterocycles. The van der Waals surface area contributed by atoms with E-state index in [1.807, 2.05) is 0 Å². The first-order valence-corrected chi connectivity index (χ1v) is 4.05. The second-order valence-electron chi connectivity index (χ2n) is 3.79. The molecule has 2 nitrogen and oxygen atoms in total. The molecule has 0 atom stereocenters. The van der Waals surface area contributed by atoms with E-state index in [1.165, 1.54) is 27.7 Å². The van der Waals surface area contributed by atoms with Gasteiger partial charge in [0.25, 0.3) is 0 Å². The van der Waals surface area contributed by atoms with Crippen LogP contribution in [0.2, 0.25) is 0 Å². The molecule has 0 aliphatic carbocycles. The SMILES string of the molecule is CC=C(OC(=O)C(C)(C)C)C(F)(F)F. The maximum absolute atomic E-state index is 12.1. The number of carbonyl (C=O) groups excluding carboxylic acids is 1. The summed E-state index contributed by atoms with van der Waals surface area (Å²) in [5.41, 5.74) is -0.945. The van der Waals surface area contributed by atoms with Crippen molar-refractivity contribution in [3.63, 3.8) is 0 Å². The number of ether oxygens (including phenoxy) is 1. The Morgan fingerprint density at radius 3 is 1.86 bits per heavy atom. The highest BCUT2D eigenvalue weighted by molar-refractivity contribution is 5.76. The van der Waals surface area contributed by atoms with Gasteiger partial charge in [-0.05, 0) is 33.8 Å². The van der Waals surface area contributed by atoms with Gasteiger partial charge in [0.15, 0.2) is 0 Å². The van der Waals surface area contributed by atoms with Crippen LogP contribution in [0, 0.1) is 5.41 Å². The second kappa shape index (κ2) is 4.02. The minimum Gasteiger partial charge on any atom is -0.421 e. The molecule has 0 aromatic rings. The summed E-state index contributed by atoms with van der Waals surface area (Å²) in [6, 6.07) is 0. The maximum Gasteiger partial charge on any atom is 0.449 e. The predicted molar refractivity (Wildman–Crippen MR) is 45.4 cm³/mol. The van der Waals surface area contributed by atoms with E-state index in [2.05, 4.69) is 4.74 Å². The molecule has 0 aliphatic rings. The molecular weight excluding hydrogens is 197 g/mol. The molecule has 0 aromatic carbocycles. The third-order valence-corrected chi connectivity index (χ3v) is 1.36. The van der Waals surface area contributed by atoms with E-state index in [1.54, 1.807) is 0 Å². The smallest absolute Gasteiger partial charge is 0.421 e. The van der Waals surface area contributed by atoms with Gasteiger partial charge in [0.1, 0.15) is 0 Å². The zero-order valence-corrected chi connectivity index (χ0v) is 8.53. The molecule has 0 fully saturated rings. The van der Waals surface area contributed by atoms with Gasteiger partial charge in [-0.2, -0.15) is 13.2 Å². The van der Waals surface area contributed by atoms with Gasteiger partial charge in [-0.25, -0.2) is 0 Å². The minimum atomic E-state index is -4.62. The van der Waals surface area contributed by atoms with E-state index in [9.17, 15) is 18.0 Å². The van der Waals surface area contributed by atoms with Crippen LogP contribution in [0.5, 0.6) is 0 Å². The van der Waals surface area contributed by atoms with Crippen molar-refractivity contribution in [2.24, 2.45) is 5.41 Å². The Bertz CT molecular complexity index is 246. The lowest BCUT2D eigenvalue weighted by molar-refractivity contribution is -0.167. The summed E-state index contributed by atoms with van der Waals surface area (Å²) < 4.78 is 40.6. The summed E-state index contributed by atoms with van der Waals surface area (Å²) >= 11 is 0. The van der Waals surface area contributed by atoms with Crippen LogP contribution in [0.3, 0.4) is 0 Å². The van der Waals surface area contributed by atoms with Crippen molar-refractivity contribution in [3.05, 3.63) is 11.8 Å². The second-order valence-corrected chi connectivity index (χ2v) is 3.79. The first kappa shape index (κ1) is 13.0. The molecule has 82 valence electrons. The van der Waals surface area contributed by atoms with Crippen LogP contribution in [0.4, 0.5) is 13.2 Å². The number of halogens is 3. The van der Waals surface area contributed by atoms with Crippen LogP contribution in [-0.2, 0) is 9.53 Å².